The van der Waals surface area contributed by atoms with E-state index in [1.807, 2.05) is 13.8 Å². The van der Waals surface area contributed by atoms with Gasteiger partial charge in [0.1, 0.15) is 11.7 Å². The van der Waals surface area contributed by atoms with Gasteiger partial charge in [-0.2, -0.15) is 18.3 Å². The van der Waals surface area contributed by atoms with E-state index in [9.17, 15) is 22.4 Å². The molecule has 0 saturated carbocycles. The SMILES string of the molecule is CC(C)CCC(=Nc1cc(-c2ccc(F)cc2)[nH]n1)NC(=O)c1cccnc1C(F)(F)F. The summed E-state index contributed by atoms with van der Waals surface area (Å²) in [7, 11) is 0. The molecule has 0 atom stereocenters. The number of amides is 1. The predicted molar refractivity (Wildman–Crippen MR) is 112 cm³/mol. The van der Waals surface area contributed by atoms with Gasteiger partial charge in [0, 0.05) is 18.7 Å². The number of aromatic nitrogens is 3. The van der Waals surface area contributed by atoms with Gasteiger partial charge in [-0.3, -0.25) is 14.9 Å². The van der Waals surface area contributed by atoms with Gasteiger partial charge in [0.25, 0.3) is 5.91 Å². The fraction of sp³-hybridized carbons (Fsp3) is 0.273. The lowest BCUT2D eigenvalue weighted by atomic mass is 10.1. The van der Waals surface area contributed by atoms with Gasteiger partial charge in [-0.25, -0.2) is 9.38 Å². The van der Waals surface area contributed by atoms with Crippen molar-refractivity contribution in [1.82, 2.24) is 20.5 Å². The molecule has 1 amide bonds. The number of halogens is 4. The summed E-state index contributed by atoms with van der Waals surface area (Å²) in [4.78, 5) is 20.2. The number of nitrogens with one attached hydrogen (secondary N) is 2. The molecular weight excluding hydrogens is 426 g/mol. The third-order valence-corrected chi connectivity index (χ3v) is 4.51. The highest BCUT2D eigenvalue weighted by Crippen LogP contribution is 2.30. The molecule has 3 rings (SSSR count). The molecule has 0 radical (unpaired) electrons. The molecule has 0 bridgehead atoms. The first-order valence-electron chi connectivity index (χ1n) is 9.86. The number of alkyl halides is 3. The molecule has 32 heavy (non-hydrogen) atoms. The first-order valence-corrected chi connectivity index (χ1v) is 9.86. The molecular formula is C22H21F4N5O. The van der Waals surface area contributed by atoms with E-state index < -0.39 is 23.3 Å². The van der Waals surface area contributed by atoms with Crippen LogP contribution in [0.1, 0.15) is 42.7 Å². The van der Waals surface area contributed by atoms with Gasteiger partial charge < -0.3 is 5.32 Å². The number of rotatable bonds is 6. The molecule has 0 saturated heterocycles. The fourth-order valence-corrected chi connectivity index (χ4v) is 2.87. The number of H-pyrrole nitrogens is 1. The van der Waals surface area contributed by atoms with Crippen molar-refractivity contribution < 1.29 is 22.4 Å². The largest absolute Gasteiger partial charge is 0.434 e. The van der Waals surface area contributed by atoms with Crippen LogP contribution < -0.4 is 5.32 Å². The van der Waals surface area contributed by atoms with E-state index >= 15 is 0 Å². The summed E-state index contributed by atoms with van der Waals surface area (Å²) in [6.07, 6.45) is -2.82. The second-order valence-electron chi connectivity index (χ2n) is 7.49. The molecule has 6 nitrogen and oxygen atoms in total. The summed E-state index contributed by atoms with van der Waals surface area (Å²) in [5.74, 6) is -0.653. The molecule has 0 aliphatic heterocycles. The Morgan fingerprint density at radius 3 is 2.56 bits per heavy atom. The minimum atomic E-state index is -4.77. The van der Waals surface area contributed by atoms with Crippen molar-refractivity contribution in [2.24, 2.45) is 10.9 Å². The minimum absolute atomic E-state index is 0.179. The number of amidine groups is 1. The summed E-state index contributed by atoms with van der Waals surface area (Å²) >= 11 is 0. The standard InChI is InChI=1S/C22H21F4N5O/c1-13(2)5-10-18(29-21(32)16-4-3-11-27-20(16)22(24,25)26)28-19-12-17(30-31-19)14-6-8-15(23)9-7-14/h3-4,6-9,11-13H,5,10H2,1-2H3,(H2,28,29,30,31,32). The summed E-state index contributed by atoms with van der Waals surface area (Å²) in [6.45, 7) is 3.95. The van der Waals surface area contributed by atoms with Gasteiger partial charge in [0.05, 0.1) is 11.3 Å². The highest BCUT2D eigenvalue weighted by molar-refractivity contribution is 6.07. The molecule has 2 heterocycles. The van der Waals surface area contributed by atoms with Crippen molar-refractivity contribution in [3.8, 4) is 11.3 Å². The van der Waals surface area contributed by atoms with E-state index in [4.69, 9.17) is 0 Å². The third kappa shape index (κ3) is 5.99. The smallest absolute Gasteiger partial charge is 0.310 e. The van der Waals surface area contributed by atoms with Gasteiger partial charge in [-0.1, -0.05) is 13.8 Å². The van der Waals surface area contributed by atoms with Crippen LogP contribution in [0.4, 0.5) is 23.4 Å². The third-order valence-electron chi connectivity index (χ3n) is 4.51. The highest BCUT2D eigenvalue weighted by atomic mass is 19.4. The Labute approximate surface area is 181 Å². The quantitative estimate of drug-likeness (QED) is 0.296. The van der Waals surface area contributed by atoms with Crippen LogP contribution in [0.2, 0.25) is 0 Å². The zero-order valence-corrected chi connectivity index (χ0v) is 17.4. The minimum Gasteiger partial charge on any atom is -0.310 e. The first-order chi connectivity index (χ1) is 15.1. The predicted octanol–water partition coefficient (Wildman–Crippen LogP) is 5.53. The Hall–Kier alpha value is -3.56. The molecule has 2 aromatic heterocycles. The van der Waals surface area contributed by atoms with Gasteiger partial charge in [-0.15, -0.1) is 0 Å². The van der Waals surface area contributed by atoms with E-state index in [0.29, 0.717) is 24.1 Å². The molecule has 3 aromatic rings. The van der Waals surface area contributed by atoms with Crippen molar-refractivity contribution in [3.05, 3.63) is 65.7 Å². The Bertz CT molecular complexity index is 1100. The molecule has 10 heteroatoms. The van der Waals surface area contributed by atoms with E-state index in [1.54, 1.807) is 18.2 Å². The maximum absolute atomic E-state index is 13.2. The lowest BCUT2D eigenvalue weighted by Gasteiger charge is -2.13. The normalized spacial score (nSPS) is 12.3. The van der Waals surface area contributed by atoms with Crippen LogP contribution in [-0.4, -0.2) is 26.9 Å². The van der Waals surface area contributed by atoms with Crippen LogP contribution in [0.5, 0.6) is 0 Å². The van der Waals surface area contributed by atoms with Gasteiger partial charge >= 0.3 is 6.18 Å². The van der Waals surface area contributed by atoms with Crippen LogP contribution in [0, 0.1) is 11.7 Å². The van der Waals surface area contributed by atoms with E-state index in [-0.39, 0.29) is 23.4 Å². The Kier molecular flexibility index (Phi) is 7.01. The number of hydrogen-bond donors (Lipinski definition) is 2. The molecule has 168 valence electrons. The number of carbonyl (C=O) groups excluding carboxylic acids is 1. The van der Waals surface area contributed by atoms with E-state index in [2.05, 4.69) is 25.5 Å². The average Bonchev–Trinajstić information content (AvgIpc) is 3.20. The Balaban J connectivity index is 1.87. The van der Waals surface area contributed by atoms with Crippen molar-refractivity contribution in [1.29, 1.82) is 0 Å². The molecule has 0 unspecified atom stereocenters. The number of benzene rings is 1. The summed E-state index contributed by atoms with van der Waals surface area (Å²) in [5.41, 5.74) is -0.603. The zero-order chi connectivity index (χ0) is 23.3. The fourth-order valence-electron chi connectivity index (χ4n) is 2.87. The summed E-state index contributed by atoms with van der Waals surface area (Å²) in [6, 6.07) is 9.67. The van der Waals surface area contributed by atoms with Crippen molar-refractivity contribution in [2.75, 3.05) is 0 Å². The topological polar surface area (TPSA) is 83.0 Å². The van der Waals surface area contributed by atoms with Crippen molar-refractivity contribution >= 4 is 17.6 Å². The van der Waals surface area contributed by atoms with Gasteiger partial charge in [-0.05, 0) is 54.3 Å². The maximum atomic E-state index is 13.2. The summed E-state index contributed by atoms with van der Waals surface area (Å²) < 4.78 is 52.8. The number of carbonyl (C=O) groups is 1. The van der Waals surface area contributed by atoms with Crippen molar-refractivity contribution in [2.45, 2.75) is 32.9 Å². The molecule has 2 N–H and O–H groups in total. The molecule has 0 fully saturated rings. The van der Waals surface area contributed by atoms with Crippen LogP contribution >= 0.6 is 0 Å². The number of aromatic amines is 1. The van der Waals surface area contributed by atoms with Gasteiger partial charge in [0.15, 0.2) is 11.5 Å². The molecule has 0 aliphatic carbocycles. The monoisotopic (exact) mass is 447 g/mol. The average molecular weight is 447 g/mol. The van der Waals surface area contributed by atoms with Gasteiger partial charge in [0.2, 0.25) is 0 Å². The Morgan fingerprint density at radius 2 is 1.91 bits per heavy atom. The number of nitrogens with zero attached hydrogens (tertiary/aromatic N) is 3. The first kappa shape index (κ1) is 23.1. The maximum Gasteiger partial charge on any atom is 0.434 e. The number of hydrogen-bond acceptors (Lipinski definition) is 4. The lowest BCUT2D eigenvalue weighted by Crippen LogP contribution is -2.32. The molecule has 1 aromatic carbocycles. The van der Waals surface area contributed by atoms with E-state index in [0.717, 1.165) is 12.3 Å². The second-order valence-corrected chi connectivity index (χ2v) is 7.49. The summed E-state index contributed by atoms with van der Waals surface area (Å²) in [5, 5.41) is 9.32. The highest BCUT2D eigenvalue weighted by Gasteiger charge is 2.37. The van der Waals surface area contributed by atoms with Crippen LogP contribution in [-0.2, 0) is 6.18 Å². The van der Waals surface area contributed by atoms with Crippen LogP contribution in [0.15, 0.2) is 53.7 Å². The van der Waals surface area contributed by atoms with Crippen LogP contribution in [0.25, 0.3) is 11.3 Å². The number of aliphatic imine (C=N–C) groups is 1. The molecule has 0 spiro atoms. The second kappa shape index (κ2) is 9.71. The Morgan fingerprint density at radius 1 is 1.19 bits per heavy atom. The number of pyridine rings is 1. The zero-order valence-electron chi connectivity index (χ0n) is 17.4. The van der Waals surface area contributed by atoms with E-state index in [1.165, 1.54) is 18.2 Å². The lowest BCUT2D eigenvalue weighted by molar-refractivity contribution is -0.141. The van der Waals surface area contributed by atoms with Crippen molar-refractivity contribution in [3.63, 3.8) is 0 Å². The van der Waals surface area contributed by atoms with Crippen LogP contribution in [0.3, 0.4) is 0 Å². The molecule has 0 aliphatic rings.